The van der Waals surface area contributed by atoms with Crippen molar-refractivity contribution in [3.63, 3.8) is 0 Å². The van der Waals surface area contributed by atoms with Gasteiger partial charge in [0.1, 0.15) is 11.4 Å². The molecule has 30 heavy (non-hydrogen) atoms. The Morgan fingerprint density at radius 3 is 2.43 bits per heavy atom. The number of piperazine rings is 1. The minimum absolute atomic E-state index is 0.0362. The van der Waals surface area contributed by atoms with Crippen molar-refractivity contribution in [3.8, 4) is 5.75 Å². The Bertz CT molecular complexity index is 919. The summed E-state index contributed by atoms with van der Waals surface area (Å²) in [5, 5.41) is 14.6. The highest BCUT2D eigenvalue weighted by molar-refractivity contribution is 5.95. The third kappa shape index (κ3) is 4.71. The number of carbonyl (C=O) groups excluding carboxylic acids is 1. The first kappa shape index (κ1) is 20.2. The molecule has 1 aliphatic carbocycles. The van der Waals surface area contributed by atoms with Crippen molar-refractivity contribution in [1.29, 1.82) is 0 Å². The molecule has 2 aromatic carbocycles. The molecule has 2 fully saturated rings. The molecule has 0 atom stereocenters. The smallest absolute Gasteiger partial charge is 0.293 e. The van der Waals surface area contributed by atoms with E-state index in [4.69, 9.17) is 4.74 Å². The Hall–Kier alpha value is -3.13. The second-order valence-corrected chi connectivity index (χ2v) is 7.82. The molecule has 158 valence electrons. The van der Waals surface area contributed by atoms with Gasteiger partial charge in [0.05, 0.1) is 12.0 Å². The van der Waals surface area contributed by atoms with Crippen LogP contribution >= 0.6 is 0 Å². The van der Waals surface area contributed by atoms with E-state index in [2.05, 4.69) is 10.2 Å². The molecule has 0 spiro atoms. The van der Waals surface area contributed by atoms with Gasteiger partial charge in [0.15, 0.2) is 0 Å². The lowest BCUT2D eigenvalue weighted by molar-refractivity contribution is -0.384. The number of ether oxygens (including phenoxy) is 1. The maximum Gasteiger partial charge on any atom is 0.293 e. The van der Waals surface area contributed by atoms with Gasteiger partial charge in [-0.2, -0.15) is 0 Å². The molecule has 1 amide bonds. The van der Waals surface area contributed by atoms with Crippen molar-refractivity contribution in [1.82, 2.24) is 9.80 Å². The second kappa shape index (κ2) is 8.71. The van der Waals surface area contributed by atoms with Crippen molar-refractivity contribution < 1.29 is 14.5 Å². The normalized spacial score (nSPS) is 16.9. The molecule has 8 nitrogen and oxygen atoms in total. The number of anilines is 1. The van der Waals surface area contributed by atoms with E-state index < -0.39 is 4.92 Å². The van der Waals surface area contributed by atoms with E-state index >= 15 is 0 Å². The highest BCUT2D eigenvalue weighted by Gasteiger charge is 2.27. The molecule has 1 saturated heterocycles. The minimum atomic E-state index is -0.422. The number of benzene rings is 2. The van der Waals surface area contributed by atoms with Crippen molar-refractivity contribution in [2.24, 2.45) is 0 Å². The van der Waals surface area contributed by atoms with Gasteiger partial charge < -0.3 is 15.0 Å². The number of nitrogens with zero attached hydrogens (tertiary/aromatic N) is 3. The summed E-state index contributed by atoms with van der Waals surface area (Å²) in [5.41, 5.74) is 2.02. The van der Waals surface area contributed by atoms with Crippen molar-refractivity contribution in [3.05, 3.63) is 63.7 Å². The Balaban J connectivity index is 1.36. The summed E-state index contributed by atoms with van der Waals surface area (Å²) in [7, 11) is 1.65. The fourth-order valence-electron chi connectivity index (χ4n) is 3.67. The average molecular weight is 410 g/mol. The molecule has 8 heteroatoms. The molecule has 4 rings (SSSR count). The molecule has 0 bridgehead atoms. The number of carbonyl (C=O) groups is 1. The van der Waals surface area contributed by atoms with Crippen LogP contribution in [0.25, 0.3) is 0 Å². The lowest BCUT2D eigenvalue weighted by Gasteiger charge is -2.34. The van der Waals surface area contributed by atoms with E-state index in [1.54, 1.807) is 24.1 Å². The van der Waals surface area contributed by atoms with Gasteiger partial charge in [0, 0.05) is 50.4 Å². The summed E-state index contributed by atoms with van der Waals surface area (Å²) in [5.74, 6) is 0.682. The van der Waals surface area contributed by atoms with Gasteiger partial charge in [-0.1, -0.05) is 12.1 Å². The molecular weight excluding hydrogens is 384 g/mol. The number of amides is 1. The van der Waals surface area contributed by atoms with Crippen LogP contribution in [-0.4, -0.2) is 60.0 Å². The number of nitrogens with one attached hydrogen (secondary N) is 1. The third-order valence-corrected chi connectivity index (χ3v) is 5.60. The zero-order valence-corrected chi connectivity index (χ0v) is 17.0. The fourth-order valence-corrected chi connectivity index (χ4v) is 3.67. The van der Waals surface area contributed by atoms with Crippen molar-refractivity contribution in [2.45, 2.75) is 25.4 Å². The number of nitro benzene ring substituents is 1. The minimum Gasteiger partial charge on any atom is -0.497 e. The number of methoxy groups -OCH3 is 1. The van der Waals surface area contributed by atoms with E-state index in [1.807, 2.05) is 24.3 Å². The first-order valence-electron chi connectivity index (χ1n) is 10.2. The highest BCUT2D eigenvalue weighted by Crippen LogP contribution is 2.32. The number of hydrogen-bond acceptors (Lipinski definition) is 6. The summed E-state index contributed by atoms with van der Waals surface area (Å²) in [6.45, 7) is 3.55. The Labute approximate surface area is 175 Å². The van der Waals surface area contributed by atoms with Crippen LogP contribution in [0.3, 0.4) is 0 Å². The quantitative estimate of drug-likeness (QED) is 0.557. The Morgan fingerprint density at radius 2 is 1.83 bits per heavy atom. The predicted octanol–water partition coefficient (Wildman–Crippen LogP) is 3.14. The van der Waals surface area contributed by atoms with E-state index in [9.17, 15) is 14.9 Å². The van der Waals surface area contributed by atoms with Gasteiger partial charge in [-0.3, -0.25) is 19.8 Å². The van der Waals surface area contributed by atoms with Gasteiger partial charge in [-0.05, 0) is 42.7 Å². The average Bonchev–Trinajstić information content (AvgIpc) is 3.58. The van der Waals surface area contributed by atoms with E-state index in [1.165, 1.54) is 11.6 Å². The standard InChI is InChI=1S/C22H26N4O4/c1-30-19-7-2-16(3-8-19)15-24-10-12-25(13-11-24)22(27)17-4-9-20(23-18-5-6-18)21(14-17)26(28)29/h2-4,7-9,14,18,23H,5-6,10-13,15H2,1H3. The molecular formula is C22H26N4O4. The van der Waals surface area contributed by atoms with E-state index in [-0.39, 0.29) is 11.6 Å². The van der Waals surface area contributed by atoms with Gasteiger partial charge in [-0.15, -0.1) is 0 Å². The lowest BCUT2D eigenvalue weighted by atomic mass is 10.1. The molecule has 2 aromatic rings. The molecule has 1 N–H and O–H groups in total. The number of nitro groups is 1. The summed E-state index contributed by atoms with van der Waals surface area (Å²) >= 11 is 0. The molecule has 0 radical (unpaired) electrons. The van der Waals surface area contributed by atoms with Crippen LogP contribution in [0.2, 0.25) is 0 Å². The molecule has 1 aliphatic heterocycles. The van der Waals surface area contributed by atoms with Crippen LogP contribution < -0.4 is 10.1 Å². The second-order valence-electron chi connectivity index (χ2n) is 7.82. The van der Waals surface area contributed by atoms with Crippen molar-refractivity contribution in [2.75, 3.05) is 38.6 Å². The monoisotopic (exact) mass is 410 g/mol. The molecule has 2 aliphatic rings. The molecule has 0 unspecified atom stereocenters. The maximum atomic E-state index is 12.9. The van der Waals surface area contributed by atoms with Crippen LogP contribution in [0, 0.1) is 10.1 Å². The molecule has 1 saturated carbocycles. The van der Waals surface area contributed by atoms with Gasteiger partial charge in [0.2, 0.25) is 0 Å². The van der Waals surface area contributed by atoms with Gasteiger partial charge >= 0.3 is 0 Å². The van der Waals surface area contributed by atoms with Gasteiger partial charge in [0.25, 0.3) is 11.6 Å². The SMILES string of the molecule is COc1ccc(CN2CCN(C(=O)c3ccc(NC4CC4)c([N+](=O)[O-])c3)CC2)cc1. The first-order valence-corrected chi connectivity index (χ1v) is 10.2. The summed E-state index contributed by atoms with van der Waals surface area (Å²) in [6.07, 6.45) is 2.05. The van der Waals surface area contributed by atoms with Gasteiger partial charge in [-0.25, -0.2) is 0 Å². The van der Waals surface area contributed by atoms with Crippen LogP contribution in [0.1, 0.15) is 28.8 Å². The zero-order valence-electron chi connectivity index (χ0n) is 17.0. The van der Waals surface area contributed by atoms with Crippen LogP contribution in [0.4, 0.5) is 11.4 Å². The third-order valence-electron chi connectivity index (χ3n) is 5.60. The molecule has 1 heterocycles. The zero-order chi connectivity index (χ0) is 21.1. The summed E-state index contributed by atoms with van der Waals surface area (Å²) < 4.78 is 5.19. The largest absolute Gasteiger partial charge is 0.497 e. The van der Waals surface area contributed by atoms with E-state index in [0.29, 0.717) is 30.4 Å². The summed E-state index contributed by atoms with van der Waals surface area (Å²) in [6, 6.07) is 13.0. The fraction of sp³-hybridized carbons (Fsp3) is 0.409. The van der Waals surface area contributed by atoms with Crippen molar-refractivity contribution >= 4 is 17.3 Å². The summed E-state index contributed by atoms with van der Waals surface area (Å²) in [4.78, 5) is 28.0. The first-order chi connectivity index (χ1) is 14.5. The number of rotatable bonds is 7. The highest BCUT2D eigenvalue weighted by atomic mass is 16.6. The Kier molecular flexibility index (Phi) is 5.85. The molecule has 0 aromatic heterocycles. The maximum absolute atomic E-state index is 12.9. The number of hydrogen-bond donors (Lipinski definition) is 1. The van der Waals surface area contributed by atoms with E-state index in [0.717, 1.165) is 38.2 Å². The van der Waals surface area contributed by atoms with Crippen LogP contribution in [0.5, 0.6) is 5.75 Å². The lowest BCUT2D eigenvalue weighted by Crippen LogP contribution is -2.48. The van der Waals surface area contributed by atoms with Crippen LogP contribution in [-0.2, 0) is 6.54 Å². The Morgan fingerprint density at radius 1 is 1.13 bits per heavy atom. The topological polar surface area (TPSA) is 88.0 Å². The predicted molar refractivity (Wildman–Crippen MR) is 114 cm³/mol. The van der Waals surface area contributed by atoms with Crippen LogP contribution in [0.15, 0.2) is 42.5 Å².